The van der Waals surface area contributed by atoms with Crippen LogP contribution in [0.3, 0.4) is 0 Å². The molecule has 5 nitrogen and oxygen atoms in total. The maximum absolute atomic E-state index is 11.8. The molecule has 1 aliphatic rings. The molecule has 0 atom stereocenters. The molecule has 0 aliphatic carbocycles. The van der Waals surface area contributed by atoms with E-state index < -0.39 is 5.76 Å². The maximum atomic E-state index is 11.8. The molecular weight excluding hydrogens is 346 g/mol. The number of H-pyrrole nitrogens is 1. The molecule has 2 aromatic carbocycles. The molecule has 1 N–H and O–H groups in total. The third-order valence-corrected chi connectivity index (χ3v) is 5.63. The number of nitrogens with one attached hydrogen (secondary N) is 1. The Balaban J connectivity index is 1.55. The summed E-state index contributed by atoms with van der Waals surface area (Å²) in [7, 11) is 2.16. The summed E-state index contributed by atoms with van der Waals surface area (Å²) in [6.45, 7) is 4.32. The van der Waals surface area contributed by atoms with E-state index in [1.165, 1.54) is 4.90 Å². The summed E-state index contributed by atoms with van der Waals surface area (Å²) in [4.78, 5) is 18.1. The van der Waals surface area contributed by atoms with Crippen LogP contribution in [0.15, 0.2) is 68.7 Å². The lowest BCUT2D eigenvalue weighted by atomic mass is 10.1. The number of rotatable bonds is 4. The van der Waals surface area contributed by atoms with Gasteiger partial charge in [0, 0.05) is 42.2 Å². The topological polar surface area (TPSA) is 52.5 Å². The van der Waals surface area contributed by atoms with Crippen molar-refractivity contribution in [2.75, 3.05) is 33.2 Å². The van der Waals surface area contributed by atoms with Crippen molar-refractivity contribution < 1.29 is 4.42 Å². The number of likely N-dealkylation sites (N-methyl/N-ethyl adjacent to an activating group) is 1. The minimum Gasteiger partial charge on any atom is -0.407 e. The van der Waals surface area contributed by atoms with Gasteiger partial charge in [0.1, 0.15) is 0 Å². The first-order chi connectivity index (χ1) is 12.7. The SMILES string of the molecule is CN1CCN(Sc2ccc(-c3oc(=O)[nH]c3-c3ccccc3)cc2)CC1. The molecule has 0 bridgehead atoms. The fourth-order valence-corrected chi connectivity index (χ4v) is 3.94. The number of oxazole rings is 1. The monoisotopic (exact) mass is 367 g/mol. The summed E-state index contributed by atoms with van der Waals surface area (Å²) >= 11 is 1.78. The molecule has 3 aromatic rings. The van der Waals surface area contributed by atoms with Gasteiger partial charge in [0.05, 0.1) is 5.69 Å². The molecular formula is C20H21N3O2S. The summed E-state index contributed by atoms with van der Waals surface area (Å²) < 4.78 is 7.81. The van der Waals surface area contributed by atoms with E-state index in [0.29, 0.717) is 5.76 Å². The number of piperazine rings is 1. The average Bonchev–Trinajstić information content (AvgIpc) is 3.07. The highest BCUT2D eigenvalue weighted by molar-refractivity contribution is 7.97. The Morgan fingerprint density at radius 1 is 0.923 bits per heavy atom. The van der Waals surface area contributed by atoms with Crippen LogP contribution >= 0.6 is 11.9 Å². The van der Waals surface area contributed by atoms with E-state index in [1.807, 2.05) is 42.5 Å². The second-order valence-electron chi connectivity index (χ2n) is 6.43. The zero-order valence-corrected chi connectivity index (χ0v) is 15.5. The normalized spacial score (nSPS) is 16.0. The van der Waals surface area contributed by atoms with Crippen LogP contribution in [0.4, 0.5) is 0 Å². The second kappa shape index (κ2) is 7.53. The molecule has 4 rings (SSSR count). The minimum absolute atomic E-state index is 0.435. The Morgan fingerprint density at radius 3 is 2.31 bits per heavy atom. The highest BCUT2D eigenvalue weighted by atomic mass is 32.2. The highest BCUT2D eigenvalue weighted by Crippen LogP contribution is 2.31. The van der Waals surface area contributed by atoms with Gasteiger partial charge in [-0.25, -0.2) is 9.10 Å². The van der Waals surface area contributed by atoms with Crippen molar-refractivity contribution in [2.45, 2.75) is 4.90 Å². The summed E-state index contributed by atoms with van der Waals surface area (Å²) in [5.41, 5.74) is 2.55. The van der Waals surface area contributed by atoms with E-state index in [9.17, 15) is 4.79 Å². The fourth-order valence-electron chi connectivity index (χ4n) is 3.04. The summed E-state index contributed by atoms with van der Waals surface area (Å²) in [6, 6.07) is 17.9. The van der Waals surface area contributed by atoms with Gasteiger partial charge in [0.25, 0.3) is 0 Å². The second-order valence-corrected chi connectivity index (χ2v) is 7.60. The maximum Gasteiger partial charge on any atom is 0.417 e. The zero-order valence-electron chi connectivity index (χ0n) is 14.6. The zero-order chi connectivity index (χ0) is 17.9. The summed E-state index contributed by atoms with van der Waals surface area (Å²) in [6.07, 6.45) is 0. The van der Waals surface area contributed by atoms with E-state index in [2.05, 4.69) is 33.4 Å². The largest absolute Gasteiger partial charge is 0.417 e. The van der Waals surface area contributed by atoms with Crippen LogP contribution in [0, 0.1) is 0 Å². The first-order valence-corrected chi connectivity index (χ1v) is 9.47. The number of hydrogen-bond acceptors (Lipinski definition) is 5. The fraction of sp³-hybridized carbons (Fsp3) is 0.250. The Bertz CT molecular complexity index is 910. The van der Waals surface area contributed by atoms with Gasteiger partial charge in [-0.15, -0.1) is 0 Å². The van der Waals surface area contributed by atoms with Crippen molar-refractivity contribution >= 4 is 11.9 Å². The van der Waals surface area contributed by atoms with Gasteiger partial charge >= 0.3 is 5.76 Å². The van der Waals surface area contributed by atoms with Crippen LogP contribution in [-0.2, 0) is 0 Å². The standard InChI is InChI=1S/C20H21N3O2S/c1-22-11-13-23(14-12-22)26-17-9-7-16(8-10-17)19-18(21-20(24)25-19)15-5-3-2-4-6-15/h2-10H,11-14H2,1H3,(H,21,24). The lowest BCUT2D eigenvalue weighted by Gasteiger charge is -2.31. The molecule has 1 fully saturated rings. The molecule has 0 radical (unpaired) electrons. The number of benzene rings is 2. The molecule has 0 unspecified atom stereocenters. The van der Waals surface area contributed by atoms with Gasteiger partial charge < -0.3 is 9.32 Å². The Hall–Kier alpha value is -2.28. The first-order valence-electron chi connectivity index (χ1n) is 8.69. The number of aromatic nitrogens is 1. The van der Waals surface area contributed by atoms with Crippen molar-refractivity contribution in [3.05, 3.63) is 65.1 Å². The number of hydrogen-bond donors (Lipinski definition) is 1. The third-order valence-electron chi connectivity index (χ3n) is 4.52. The van der Waals surface area contributed by atoms with E-state index in [1.54, 1.807) is 11.9 Å². The van der Waals surface area contributed by atoms with Crippen LogP contribution in [0.25, 0.3) is 22.6 Å². The predicted octanol–water partition coefficient (Wildman–Crippen LogP) is 3.56. The molecule has 26 heavy (non-hydrogen) atoms. The molecule has 0 spiro atoms. The van der Waals surface area contributed by atoms with Crippen LogP contribution in [-0.4, -0.2) is 47.4 Å². The number of aromatic amines is 1. The molecule has 6 heteroatoms. The van der Waals surface area contributed by atoms with Crippen molar-refractivity contribution in [1.29, 1.82) is 0 Å². The molecule has 0 saturated carbocycles. The Morgan fingerprint density at radius 2 is 1.62 bits per heavy atom. The highest BCUT2D eigenvalue weighted by Gasteiger charge is 2.16. The third kappa shape index (κ3) is 3.77. The van der Waals surface area contributed by atoms with Crippen molar-refractivity contribution in [3.63, 3.8) is 0 Å². The van der Waals surface area contributed by atoms with Gasteiger partial charge in [-0.1, -0.05) is 30.3 Å². The van der Waals surface area contributed by atoms with Crippen molar-refractivity contribution in [2.24, 2.45) is 0 Å². The quantitative estimate of drug-likeness (QED) is 0.715. The molecule has 2 heterocycles. The Labute approximate surface area is 156 Å². The van der Waals surface area contributed by atoms with E-state index in [-0.39, 0.29) is 0 Å². The lowest BCUT2D eigenvalue weighted by Crippen LogP contribution is -2.40. The lowest BCUT2D eigenvalue weighted by molar-refractivity contribution is 0.233. The molecule has 0 amide bonds. The molecule has 1 aliphatic heterocycles. The average molecular weight is 367 g/mol. The van der Waals surface area contributed by atoms with E-state index in [4.69, 9.17) is 4.42 Å². The molecule has 134 valence electrons. The van der Waals surface area contributed by atoms with Crippen LogP contribution in [0.2, 0.25) is 0 Å². The van der Waals surface area contributed by atoms with E-state index >= 15 is 0 Å². The van der Waals surface area contributed by atoms with Gasteiger partial charge in [-0.2, -0.15) is 0 Å². The minimum atomic E-state index is -0.435. The van der Waals surface area contributed by atoms with Crippen molar-refractivity contribution in [1.82, 2.24) is 14.2 Å². The molecule has 1 saturated heterocycles. The van der Waals surface area contributed by atoms with Gasteiger partial charge in [-0.3, -0.25) is 4.98 Å². The van der Waals surface area contributed by atoms with E-state index in [0.717, 1.165) is 43.0 Å². The smallest absolute Gasteiger partial charge is 0.407 e. The van der Waals surface area contributed by atoms with Gasteiger partial charge in [0.2, 0.25) is 0 Å². The number of nitrogens with zero attached hydrogens (tertiary/aromatic N) is 2. The first kappa shape index (κ1) is 17.1. The Kier molecular flexibility index (Phi) is 4.97. The molecule has 1 aromatic heterocycles. The van der Waals surface area contributed by atoms with Crippen molar-refractivity contribution in [3.8, 4) is 22.6 Å². The van der Waals surface area contributed by atoms with Gasteiger partial charge in [-0.05, 0) is 43.3 Å². The summed E-state index contributed by atoms with van der Waals surface area (Å²) in [5, 5.41) is 0. The summed E-state index contributed by atoms with van der Waals surface area (Å²) in [5.74, 6) is 0.145. The van der Waals surface area contributed by atoms with Crippen LogP contribution in [0.5, 0.6) is 0 Å². The van der Waals surface area contributed by atoms with Crippen LogP contribution < -0.4 is 5.76 Å². The predicted molar refractivity (Wildman–Crippen MR) is 105 cm³/mol. The van der Waals surface area contributed by atoms with Crippen LogP contribution in [0.1, 0.15) is 0 Å². The van der Waals surface area contributed by atoms with Gasteiger partial charge in [0.15, 0.2) is 5.76 Å².